The van der Waals surface area contributed by atoms with Crippen molar-refractivity contribution in [3.63, 3.8) is 0 Å². The van der Waals surface area contributed by atoms with Crippen LogP contribution >= 0.6 is 0 Å². The van der Waals surface area contributed by atoms with Crippen LogP contribution in [0.4, 0.5) is 21.6 Å². The van der Waals surface area contributed by atoms with Crippen LogP contribution in [0.25, 0.3) is 33.6 Å². The summed E-state index contributed by atoms with van der Waals surface area (Å²) in [7, 11) is 0. The summed E-state index contributed by atoms with van der Waals surface area (Å²) in [5.41, 5.74) is 12.3. The fraction of sp³-hybridized carbons (Fsp3) is 0.171. The normalized spacial score (nSPS) is 11.0. The number of anilines is 3. The summed E-state index contributed by atoms with van der Waals surface area (Å²) in [6, 6.07) is 34.5. The number of hydrogen-bond acceptors (Lipinski definition) is 4. The quantitative estimate of drug-likeness (QED) is 0.163. The first-order valence-corrected chi connectivity index (χ1v) is 15.5. The molecule has 2 heterocycles. The van der Waals surface area contributed by atoms with Gasteiger partial charge in [0.25, 0.3) is 0 Å². The number of nitrogens with zero attached hydrogens (tertiary/aromatic N) is 3. The predicted molar refractivity (Wildman–Crippen MR) is 187 cm³/mol. The number of para-hydroxylation sites is 1. The molecule has 0 amide bonds. The van der Waals surface area contributed by atoms with Crippen molar-refractivity contribution in [3.8, 4) is 39.4 Å². The van der Waals surface area contributed by atoms with Crippen LogP contribution in [0.15, 0.2) is 103 Å². The van der Waals surface area contributed by atoms with Crippen LogP contribution in [0, 0.1) is 39.6 Å². The molecule has 6 heteroatoms. The summed E-state index contributed by atoms with van der Waals surface area (Å²) in [6.45, 7) is 12.9. The molecule has 0 atom stereocenters. The molecule has 0 aliphatic rings. The Labute approximate surface area is 291 Å². The van der Waals surface area contributed by atoms with Crippen LogP contribution in [0.1, 0.15) is 47.6 Å². The number of aromatic hydroxyl groups is 1. The minimum absolute atomic E-state index is 0. The number of halogens is 1. The van der Waals surface area contributed by atoms with Crippen LogP contribution < -0.4 is 4.90 Å². The summed E-state index contributed by atoms with van der Waals surface area (Å²) < 4.78 is 14.4. The van der Waals surface area contributed by atoms with Gasteiger partial charge in [-0.3, -0.25) is 4.98 Å². The van der Waals surface area contributed by atoms with Crippen molar-refractivity contribution in [2.45, 2.75) is 47.5 Å². The first-order chi connectivity index (χ1) is 22.1. The van der Waals surface area contributed by atoms with Gasteiger partial charge in [-0.25, -0.2) is 9.37 Å². The molecule has 0 saturated carbocycles. The number of aromatic nitrogens is 2. The molecule has 0 bridgehead atoms. The second-order valence-electron chi connectivity index (χ2n) is 12.2. The van der Waals surface area contributed by atoms with Gasteiger partial charge in [-0.15, -0.1) is 29.8 Å². The van der Waals surface area contributed by atoms with Crippen LogP contribution in [-0.2, 0) is 21.1 Å². The Balaban J connectivity index is 0.00000433. The number of phenols is 1. The Kier molecular flexibility index (Phi) is 10.1. The standard InChI is InChI=1S/C41H37FN3O.Pt/c1-25(2)32-21-28(5)40(29(6)22-32)45(33-14-8-13-30(23-33)34-15-9-16-35(42)41(34)46)38-18-10-17-36(44-38)37-24-31(19-20-43-37)39-26(3)11-7-12-27(39)4;/h7-22,24-25,46H,1-6H3;/q-1;. The zero-order chi connectivity index (χ0) is 32.5. The van der Waals surface area contributed by atoms with E-state index in [1.54, 1.807) is 12.1 Å². The SMILES string of the molecule is Cc1cccc(C)c1-c1ccnc(-c2cccc(N(c3[c-]c(-c4cccc(F)c4O)ccc3)c3c(C)cc(C(C)C)cc3C)n2)c1.[Pt]. The minimum Gasteiger partial charge on any atom is -0.514 e. The van der Waals surface area contributed by atoms with E-state index >= 15 is 0 Å². The molecular formula is C41H37FN3OPt-. The third-order valence-corrected chi connectivity index (χ3v) is 8.46. The molecule has 0 unspecified atom stereocenters. The monoisotopic (exact) mass is 801 g/mol. The molecule has 4 aromatic carbocycles. The molecule has 1 N–H and O–H groups in total. The molecule has 47 heavy (non-hydrogen) atoms. The van der Waals surface area contributed by atoms with Crippen molar-refractivity contribution >= 4 is 17.2 Å². The molecule has 0 spiro atoms. The van der Waals surface area contributed by atoms with Crippen molar-refractivity contribution < 1.29 is 30.6 Å². The average molecular weight is 802 g/mol. The maximum absolute atomic E-state index is 14.4. The fourth-order valence-corrected chi connectivity index (χ4v) is 6.20. The van der Waals surface area contributed by atoms with Crippen molar-refractivity contribution in [3.05, 3.63) is 143 Å². The van der Waals surface area contributed by atoms with Gasteiger partial charge >= 0.3 is 0 Å². The number of phenolic OH excluding ortho intramolecular Hbond substituents is 1. The second-order valence-corrected chi connectivity index (χ2v) is 12.2. The van der Waals surface area contributed by atoms with Crippen molar-refractivity contribution in [1.82, 2.24) is 9.97 Å². The van der Waals surface area contributed by atoms with Crippen molar-refractivity contribution in [2.75, 3.05) is 4.90 Å². The molecule has 240 valence electrons. The first-order valence-electron chi connectivity index (χ1n) is 15.5. The zero-order valence-electron chi connectivity index (χ0n) is 27.4. The van der Waals surface area contributed by atoms with E-state index in [-0.39, 0.29) is 21.1 Å². The van der Waals surface area contributed by atoms with Gasteiger partial charge in [0.05, 0.1) is 17.1 Å². The maximum atomic E-state index is 14.4. The minimum atomic E-state index is -0.672. The van der Waals surface area contributed by atoms with E-state index in [9.17, 15) is 9.50 Å². The molecule has 6 rings (SSSR count). The first kappa shape index (κ1) is 33.8. The largest absolute Gasteiger partial charge is 0.514 e. The summed E-state index contributed by atoms with van der Waals surface area (Å²) in [4.78, 5) is 12.0. The molecule has 0 aliphatic heterocycles. The molecule has 0 aliphatic carbocycles. The summed E-state index contributed by atoms with van der Waals surface area (Å²) >= 11 is 0. The molecule has 2 aromatic heterocycles. The van der Waals surface area contributed by atoms with Gasteiger partial charge in [-0.2, -0.15) is 0 Å². The second kappa shape index (κ2) is 14.0. The number of hydrogen-bond donors (Lipinski definition) is 1. The van der Waals surface area contributed by atoms with E-state index in [0.29, 0.717) is 28.6 Å². The summed E-state index contributed by atoms with van der Waals surface area (Å²) in [6.07, 6.45) is 1.84. The van der Waals surface area contributed by atoms with E-state index in [1.165, 1.54) is 28.3 Å². The van der Waals surface area contributed by atoms with Gasteiger partial charge < -0.3 is 10.0 Å². The van der Waals surface area contributed by atoms with Crippen LogP contribution in [0.3, 0.4) is 0 Å². The third kappa shape index (κ3) is 6.77. The number of rotatable bonds is 7. The van der Waals surface area contributed by atoms with E-state index in [4.69, 9.17) is 9.97 Å². The van der Waals surface area contributed by atoms with Gasteiger partial charge in [0.15, 0.2) is 5.82 Å². The van der Waals surface area contributed by atoms with Crippen LogP contribution in [0.2, 0.25) is 0 Å². The summed E-state index contributed by atoms with van der Waals surface area (Å²) in [5, 5.41) is 10.6. The van der Waals surface area contributed by atoms with Gasteiger partial charge in [0.1, 0.15) is 11.6 Å². The molecule has 0 saturated heterocycles. The van der Waals surface area contributed by atoms with Crippen LogP contribution in [-0.4, -0.2) is 15.1 Å². The molecular weight excluding hydrogens is 765 g/mol. The van der Waals surface area contributed by atoms with Gasteiger partial charge in [-0.05, 0) is 109 Å². The van der Waals surface area contributed by atoms with E-state index < -0.39 is 11.6 Å². The number of aryl methyl sites for hydroxylation is 4. The Morgan fingerprint density at radius 1 is 0.745 bits per heavy atom. The summed E-state index contributed by atoms with van der Waals surface area (Å²) in [5.74, 6) is -0.000234. The molecule has 6 aromatic rings. The van der Waals surface area contributed by atoms with Gasteiger partial charge in [0.2, 0.25) is 0 Å². The smallest absolute Gasteiger partial charge is 0.155 e. The topological polar surface area (TPSA) is 49.2 Å². The van der Waals surface area contributed by atoms with E-state index in [1.807, 2.05) is 48.7 Å². The average Bonchev–Trinajstić information content (AvgIpc) is 3.04. The molecule has 0 fully saturated rings. The van der Waals surface area contributed by atoms with Gasteiger partial charge in [0, 0.05) is 27.3 Å². The predicted octanol–water partition coefficient (Wildman–Crippen LogP) is 10.9. The Hall–Kier alpha value is -4.60. The maximum Gasteiger partial charge on any atom is 0.155 e. The van der Waals surface area contributed by atoms with Crippen LogP contribution in [0.5, 0.6) is 5.75 Å². The number of pyridine rings is 2. The Bertz CT molecular complexity index is 2030. The van der Waals surface area contributed by atoms with Crippen molar-refractivity contribution in [2.24, 2.45) is 0 Å². The Morgan fingerprint density at radius 2 is 1.40 bits per heavy atom. The van der Waals surface area contributed by atoms with Crippen molar-refractivity contribution in [1.29, 1.82) is 0 Å². The number of benzene rings is 4. The molecule has 4 nitrogen and oxygen atoms in total. The van der Waals surface area contributed by atoms with E-state index in [0.717, 1.165) is 33.8 Å². The van der Waals surface area contributed by atoms with E-state index in [2.05, 4.69) is 88.9 Å². The zero-order valence-corrected chi connectivity index (χ0v) is 29.6. The third-order valence-electron chi connectivity index (χ3n) is 8.46. The fourth-order valence-electron chi connectivity index (χ4n) is 6.20. The Morgan fingerprint density at radius 3 is 2.11 bits per heavy atom. The van der Waals surface area contributed by atoms with Gasteiger partial charge in [-0.1, -0.05) is 67.9 Å². The molecule has 0 radical (unpaired) electrons.